The highest BCUT2D eigenvalue weighted by molar-refractivity contribution is 5.75. The Morgan fingerprint density at radius 3 is 2.85 bits per heavy atom. The molecule has 1 unspecified atom stereocenters. The molecular formula is C15H20FNO3. The Morgan fingerprint density at radius 1 is 1.50 bits per heavy atom. The third kappa shape index (κ3) is 2.93. The zero-order valence-corrected chi connectivity index (χ0v) is 11.6. The fraction of sp³-hybridized carbons (Fsp3) is 0.533. The minimum atomic E-state index is -0.749. The van der Waals surface area contributed by atoms with Gasteiger partial charge in [0.15, 0.2) is 11.6 Å². The normalized spacial score (nSPS) is 23.7. The van der Waals surface area contributed by atoms with Gasteiger partial charge < -0.3 is 10.2 Å². The molecule has 1 heterocycles. The fourth-order valence-corrected chi connectivity index (χ4v) is 2.88. The van der Waals surface area contributed by atoms with Crippen molar-refractivity contribution in [2.75, 3.05) is 13.1 Å². The van der Waals surface area contributed by atoms with Gasteiger partial charge in [0.2, 0.25) is 0 Å². The van der Waals surface area contributed by atoms with Crippen LogP contribution in [0.4, 0.5) is 4.39 Å². The first-order valence-electron chi connectivity index (χ1n) is 6.90. The van der Waals surface area contributed by atoms with E-state index in [2.05, 4.69) is 0 Å². The first-order valence-corrected chi connectivity index (χ1v) is 6.90. The van der Waals surface area contributed by atoms with Crippen LogP contribution in [0.3, 0.4) is 0 Å². The van der Waals surface area contributed by atoms with Gasteiger partial charge in [-0.3, -0.25) is 9.69 Å². The molecule has 0 bridgehead atoms. The van der Waals surface area contributed by atoms with E-state index in [-0.39, 0.29) is 5.75 Å². The van der Waals surface area contributed by atoms with E-state index in [9.17, 15) is 19.4 Å². The molecule has 1 aliphatic rings. The van der Waals surface area contributed by atoms with Gasteiger partial charge in [-0.15, -0.1) is 0 Å². The third-order valence-corrected chi connectivity index (χ3v) is 4.20. The number of phenolic OH excluding ortho intramolecular Hbond substituents is 1. The molecule has 1 aromatic rings. The van der Waals surface area contributed by atoms with Gasteiger partial charge in [0.05, 0.1) is 5.41 Å². The molecule has 2 rings (SSSR count). The second-order valence-corrected chi connectivity index (χ2v) is 5.54. The lowest BCUT2D eigenvalue weighted by atomic mass is 9.77. The first-order chi connectivity index (χ1) is 9.47. The Morgan fingerprint density at radius 2 is 2.25 bits per heavy atom. The summed E-state index contributed by atoms with van der Waals surface area (Å²) in [5.74, 6) is -1.75. The van der Waals surface area contributed by atoms with Gasteiger partial charge in [-0.1, -0.05) is 13.0 Å². The number of carbonyl (C=O) groups is 1. The lowest BCUT2D eigenvalue weighted by Crippen LogP contribution is -2.47. The van der Waals surface area contributed by atoms with Crippen LogP contribution in [0.25, 0.3) is 0 Å². The molecule has 1 aliphatic heterocycles. The second-order valence-electron chi connectivity index (χ2n) is 5.54. The van der Waals surface area contributed by atoms with E-state index in [1.807, 2.05) is 11.8 Å². The Balaban J connectivity index is 2.09. The van der Waals surface area contributed by atoms with Crippen LogP contribution in [0.15, 0.2) is 18.2 Å². The topological polar surface area (TPSA) is 60.8 Å². The maximum Gasteiger partial charge on any atom is 0.310 e. The Kier molecular flexibility index (Phi) is 4.28. The third-order valence-electron chi connectivity index (χ3n) is 4.20. The highest BCUT2D eigenvalue weighted by Gasteiger charge is 2.40. The van der Waals surface area contributed by atoms with Crippen LogP contribution in [0, 0.1) is 11.2 Å². The monoisotopic (exact) mass is 281 g/mol. The van der Waals surface area contributed by atoms with Crippen molar-refractivity contribution in [1.82, 2.24) is 4.90 Å². The Labute approximate surface area is 117 Å². The predicted octanol–water partition coefficient (Wildman–Crippen LogP) is 2.61. The van der Waals surface area contributed by atoms with Crippen LogP contribution in [0.1, 0.15) is 31.7 Å². The summed E-state index contributed by atoms with van der Waals surface area (Å²) in [7, 11) is 0. The number of phenols is 1. The summed E-state index contributed by atoms with van der Waals surface area (Å²) < 4.78 is 13.3. The Bertz CT molecular complexity index is 506. The zero-order chi connectivity index (χ0) is 14.8. The molecule has 1 fully saturated rings. The van der Waals surface area contributed by atoms with Crippen LogP contribution in [-0.4, -0.2) is 34.2 Å². The maximum absolute atomic E-state index is 13.3. The van der Waals surface area contributed by atoms with Gasteiger partial charge >= 0.3 is 5.97 Å². The van der Waals surface area contributed by atoms with Crippen LogP contribution in [0.2, 0.25) is 0 Å². The van der Waals surface area contributed by atoms with Crippen molar-refractivity contribution in [2.24, 2.45) is 5.41 Å². The van der Waals surface area contributed by atoms with Crippen molar-refractivity contribution in [3.8, 4) is 5.75 Å². The van der Waals surface area contributed by atoms with Crippen molar-refractivity contribution >= 4 is 5.97 Å². The van der Waals surface area contributed by atoms with Gasteiger partial charge in [-0.25, -0.2) is 4.39 Å². The summed E-state index contributed by atoms with van der Waals surface area (Å²) in [5.41, 5.74) is 0.0610. The van der Waals surface area contributed by atoms with Crippen LogP contribution < -0.4 is 0 Å². The molecule has 20 heavy (non-hydrogen) atoms. The number of carboxylic acid groups (broad SMARTS) is 1. The number of carboxylic acids is 1. The van der Waals surface area contributed by atoms with Crippen LogP contribution in [0.5, 0.6) is 5.75 Å². The van der Waals surface area contributed by atoms with E-state index in [1.165, 1.54) is 12.1 Å². The maximum atomic E-state index is 13.3. The predicted molar refractivity (Wildman–Crippen MR) is 72.9 cm³/mol. The van der Waals surface area contributed by atoms with E-state index in [1.54, 1.807) is 6.07 Å². The minimum Gasteiger partial charge on any atom is -0.505 e. The summed E-state index contributed by atoms with van der Waals surface area (Å²) in [6, 6.07) is 4.30. The van der Waals surface area contributed by atoms with Gasteiger partial charge in [-0.2, -0.15) is 0 Å². The van der Waals surface area contributed by atoms with Gasteiger partial charge in [0.25, 0.3) is 0 Å². The van der Waals surface area contributed by atoms with E-state index in [0.717, 1.165) is 18.5 Å². The molecule has 1 atom stereocenters. The molecule has 4 nitrogen and oxygen atoms in total. The average molecular weight is 281 g/mol. The number of hydrogen-bond donors (Lipinski definition) is 2. The number of nitrogens with zero attached hydrogens (tertiary/aromatic N) is 1. The van der Waals surface area contributed by atoms with Crippen LogP contribution in [-0.2, 0) is 11.3 Å². The summed E-state index contributed by atoms with van der Waals surface area (Å²) in [6.07, 6.45) is 2.13. The van der Waals surface area contributed by atoms with Crippen molar-refractivity contribution in [2.45, 2.75) is 32.7 Å². The molecule has 0 amide bonds. The molecule has 110 valence electrons. The summed E-state index contributed by atoms with van der Waals surface area (Å²) in [6.45, 7) is 3.71. The van der Waals surface area contributed by atoms with E-state index >= 15 is 0 Å². The molecule has 0 radical (unpaired) electrons. The number of benzene rings is 1. The van der Waals surface area contributed by atoms with E-state index in [4.69, 9.17) is 0 Å². The largest absolute Gasteiger partial charge is 0.505 e. The molecule has 0 aliphatic carbocycles. The molecule has 5 heteroatoms. The van der Waals surface area contributed by atoms with Crippen molar-refractivity contribution < 1.29 is 19.4 Å². The minimum absolute atomic E-state index is 0.360. The number of aromatic hydroxyl groups is 1. The highest BCUT2D eigenvalue weighted by Crippen LogP contribution is 2.34. The summed E-state index contributed by atoms with van der Waals surface area (Å²) in [4.78, 5) is 13.5. The first kappa shape index (κ1) is 14.8. The van der Waals surface area contributed by atoms with Crippen molar-refractivity contribution in [1.29, 1.82) is 0 Å². The number of rotatable bonds is 4. The van der Waals surface area contributed by atoms with Crippen LogP contribution >= 0.6 is 0 Å². The SMILES string of the molecule is CCC1(C(=O)O)CCCN(Cc2ccc(O)c(F)c2)C1. The van der Waals surface area contributed by atoms with Gasteiger partial charge in [-0.05, 0) is 43.5 Å². The number of piperidine rings is 1. The molecule has 2 N–H and O–H groups in total. The summed E-state index contributed by atoms with van der Waals surface area (Å²) >= 11 is 0. The molecule has 0 saturated carbocycles. The molecule has 1 saturated heterocycles. The quantitative estimate of drug-likeness (QED) is 0.890. The summed E-state index contributed by atoms with van der Waals surface area (Å²) in [5, 5.41) is 18.6. The lowest BCUT2D eigenvalue weighted by Gasteiger charge is -2.39. The van der Waals surface area contributed by atoms with E-state index in [0.29, 0.717) is 25.9 Å². The number of aliphatic carboxylic acids is 1. The number of halogens is 1. The second kappa shape index (κ2) is 5.79. The number of likely N-dealkylation sites (tertiary alicyclic amines) is 1. The average Bonchev–Trinajstić information content (AvgIpc) is 2.43. The smallest absolute Gasteiger partial charge is 0.310 e. The Hall–Kier alpha value is -1.62. The highest BCUT2D eigenvalue weighted by atomic mass is 19.1. The lowest BCUT2D eigenvalue weighted by molar-refractivity contribution is -0.153. The van der Waals surface area contributed by atoms with Crippen molar-refractivity contribution in [3.63, 3.8) is 0 Å². The molecule has 1 aromatic carbocycles. The van der Waals surface area contributed by atoms with Gasteiger partial charge in [0, 0.05) is 13.1 Å². The molecule has 0 spiro atoms. The molecular weight excluding hydrogens is 261 g/mol. The number of hydrogen-bond acceptors (Lipinski definition) is 3. The molecule has 0 aromatic heterocycles. The standard InChI is InChI=1S/C15H20FNO3/c1-2-15(14(19)20)6-3-7-17(10-15)9-11-4-5-13(18)12(16)8-11/h4-5,8,18H,2-3,6-7,9-10H2,1H3,(H,19,20). The van der Waals surface area contributed by atoms with Gasteiger partial charge in [0.1, 0.15) is 0 Å². The fourth-order valence-electron chi connectivity index (χ4n) is 2.88. The van der Waals surface area contributed by atoms with Crippen molar-refractivity contribution in [3.05, 3.63) is 29.6 Å². The van der Waals surface area contributed by atoms with E-state index < -0.39 is 17.2 Å². The zero-order valence-electron chi connectivity index (χ0n) is 11.6.